The first-order valence-corrected chi connectivity index (χ1v) is 12.9. The van der Waals surface area contributed by atoms with Crippen LogP contribution in [0.2, 0.25) is 22.3 Å². The van der Waals surface area contributed by atoms with Gasteiger partial charge in [0.2, 0.25) is 0 Å². The van der Waals surface area contributed by atoms with E-state index >= 15 is 0 Å². The molecule has 0 fully saturated rings. The van der Waals surface area contributed by atoms with Gasteiger partial charge in [0.15, 0.2) is 0 Å². The molecule has 0 aliphatic carbocycles. The third kappa shape index (κ3) is 4.79. The molecule has 1 atom stereocenters. The quantitative estimate of drug-likeness (QED) is 0.453. The predicted octanol–water partition coefficient (Wildman–Crippen LogP) is 4.01. The van der Waals surface area contributed by atoms with Gasteiger partial charge in [0.1, 0.15) is 0 Å². The van der Waals surface area contributed by atoms with Gasteiger partial charge in [0.05, 0.1) is 0 Å². The zero-order chi connectivity index (χ0) is 13.8. The van der Waals surface area contributed by atoms with Crippen LogP contribution in [0.4, 0.5) is 5.69 Å². The van der Waals surface area contributed by atoms with E-state index in [0.29, 0.717) is 12.2 Å². The molecule has 0 aliphatic rings. The summed E-state index contributed by atoms with van der Waals surface area (Å²) in [6, 6.07) is 6.77. The summed E-state index contributed by atoms with van der Waals surface area (Å²) >= 11 is -1.44. The Balaban J connectivity index is 2.67. The first-order chi connectivity index (χ1) is 8.31. The van der Waals surface area contributed by atoms with E-state index in [1.807, 2.05) is 13.0 Å². The Labute approximate surface area is 111 Å². The number of rotatable bonds is 6. The fourth-order valence-corrected chi connectivity index (χ4v) is 2.96. The van der Waals surface area contributed by atoms with E-state index in [2.05, 4.69) is 17.1 Å². The Bertz CT molecular complexity index is 415. The average Bonchev–Trinajstić information content (AvgIpc) is 2.27. The van der Waals surface area contributed by atoms with Crippen LogP contribution in [0.15, 0.2) is 24.3 Å². The molecule has 0 aromatic heterocycles. The van der Waals surface area contributed by atoms with Gasteiger partial charge in [-0.05, 0) is 0 Å². The number of ether oxygens (including phenoxy) is 1. The molecule has 1 rings (SSSR count). The molecule has 1 aromatic rings. The molecule has 18 heavy (non-hydrogen) atoms. The Kier molecular flexibility index (Phi) is 5.36. The van der Waals surface area contributed by atoms with Gasteiger partial charge in [0, 0.05) is 0 Å². The van der Waals surface area contributed by atoms with Crippen molar-refractivity contribution in [2.45, 2.75) is 35.4 Å². The number of nitrogens with zero attached hydrogens (tertiary/aromatic N) is 1. The fourth-order valence-electron chi connectivity index (χ4n) is 1.59. The van der Waals surface area contributed by atoms with E-state index in [1.54, 1.807) is 12.1 Å². The van der Waals surface area contributed by atoms with E-state index in [9.17, 15) is 10.1 Å². The van der Waals surface area contributed by atoms with Crippen molar-refractivity contribution in [1.82, 2.24) is 0 Å². The normalized spacial score (nSPS) is 13.3. The van der Waals surface area contributed by atoms with Crippen molar-refractivity contribution in [2.75, 3.05) is 6.61 Å². The Morgan fingerprint density at radius 2 is 1.94 bits per heavy atom. The molecule has 0 spiro atoms. The van der Waals surface area contributed by atoms with Gasteiger partial charge >= 0.3 is 111 Å². The summed E-state index contributed by atoms with van der Waals surface area (Å²) in [5.74, 6) is 0. The fraction of sp³-hybridized carbons (Fsp3) is 0.538. The summed E-state index contributed by atoms with van der Waals surface area (Å²) in [5.41, 5.74) is 7.74. The third-order valence-electron chi connectivity index (χ3n) is 2.70. The summed E-state index contributed by atoms with van der Waals surface area (Å²) < 4.78 is 5.73. The van der Waals surface area contributed by atoms with Gasteiger partial charge in [-0.3, -0.25) is 0 Å². The molecule has 0 N–H and O–H groups in total. The van der Waals surface area contributed by atoms with Crippen LogP contribution in [0.25, 0.3) is 0 Å². The van der Waals surface area contributed by atoms with Crippen LogP contribution in [0.3, 0.4) is 0 Å². The first kappa shape index (κ1) is 15.2. The number of hydrogen-bond donors (Lipinski definition) is 0. The minimum atomic E-state index is -1.44. The molecule has 1 aromatic carbocycles. The van der Waals surface area contributed by atoms with E-state index in [0.717, 1.165) is 5.21 Å². The van der Waals surface area contributed by atoms with Crippen molar-refractivity contribution in [2.24, 2.45) is 0 Å². The Morgan fingerprint density at radius 1 is 1.33 bits per heavy atom. The molecule has 1 unspecified atom stereocenters. The van der Waals surface area contributed by atoms with Gasteiger partial charge in [-0.25, -0.2) is 0 Å². The summed E-state index contributed by atoms with van der Waals surface area (Å²) in [5, 5.41) is 12.0. The maximum atomic E-state index is 10.9. The molecule has 100 valence electrons. The molecule has 0 amide bonds. The molecule has 0 bridgehead atoms. The van der Waals surface area contributed by atoms with Gasteiger partial charge in [0.25, 0.3) is 0 Å². The Morgan fingerprint density at radius 3 is 2.50 bits per heavy atom. The second-order valence-electron chi connectivity index (χ2n) is 5.34. The van der Waals surface area contributed by atoms with Crippen molar-refractivity contribution < 1.29 is 9.66 Å². The summed E-state index contributed by atoms with van der Waals surface area (Å²) in [7, 11) is 0. The SMILES string of the molecule is CC(OCC[As+](C)(C)C)c1ccccc1[N+](=O)[O-]. The van der Waals surface area contributed by atoms with E-state index < -0.39 is 13.6 Å². The average molecular weight is 314 g/mol. The van der Waals surface area contributed by atoms with Crippen LogP contribution in [0.1, 0.15) is 18.6 Å². The van der Waals surface area contributed by atoms with E-state index in [-0.39, 0.29) is 16.7 Å². The standard InChI is InChI=1S/C13H21AsNO3/c1-11(18-10-9-14(2,3)4)12-7-5-6-8-13(12)15(16)17/h5-8,11H,9-10H2,1-4H3/q+1. The van der Waals surface area contributed by atoms with Crippen molar-refractivity contribution in [3.63, 3.8) is 0 Å². The molecule has 0 aliphatic heterocycles. The molecular formula is C13H21AsNO3+. The second kappa shape index (κ2) is 6.35. The zero-order valence-electron chi connectivity index (χ0n) is 11.4. The number of nitro groups is 1. The van der Waals surface area contributed by atoms with Crippen LogP contribution in [0, 0.1) is 10.1 Å². The summed E-state index contributed by atoms with van der Waals surface area (Å²) in [6.45, 7) is 2.56. The third-order valence-corrected chi connectivity index (χ3v) is 5.90. The van der Waals surface area contributed by atoms with Crippen LogP contribution in [0.5, 0.6) is 0 Å². The summed E-state index contributed by atoms with van der Waals surface area (Å²) in [4.78, 5) is 10.6. The molecule has 4 nitrogen and oxygen atoms in total. The van der Waals surface area contributed by atoms with Gasteiger partial charge in [-0.1, -0.05) is 0 Å². The van der Waals surface area contributed by atoms with E-state index in [4.69, 9.17) is 4.74 Å². The molecule has 5 heteroatoms. The molecule has 0 saturated carbocycles. The van der Waals surface area contributed by atoms with Crippen LogP contribution >= 0.6 is 0 Å². The molecule has 0 saturated heterocycles. The monoisotopic (exact) mass is 314 g/mol. The van der Waals surface area contributed by atoms with Crippen molar-refractivity contribution in [3.05, 3.63) is 39.9 Å². The topological polar surface area (TPSA) is 52.4 Å². The molecular weight excluding hydrogens is 293 g/mol. The Hall–Kier alpha value is -0.862. The van der Waals surface area contributed by atoms with Gasteiger partial charge in [-0.15, -0.1) is 0 Å². The van der Waals surface area contributed by atoms with Crippen molar-refractivity contribution in [1.29, 1.82) is 0 Å². The van der Waals surface area contributed by atoms with Crippen LogP contribution in [-0.4, -0.2) is 25.1 Å². The summed E-state index contributed by atoms with van der Waals surface area (Å²) in [6.07, 6.45) is -0.228. The number of nitro benzene ring substituents is 1. The zero-order valence-corrected chi connectivity index (χ0v) is 13.3. The maximum absolute atomic E-state index is 10.9. The molecule has 0 radical (unpaired) electrons. The minimum absolute atomic E-state index is 0.140. The van der Waals surface area contributed by atoms with Crippen LogP contribution < -0.4 is 0 Å². The van der Waals surface area contributed by atoms with Crippen LogP contribution in [-0.2, 0) is 4.74 Å². The van der Waals surface area contributed by atoms with E-state index in [1.165, 1.54) is 6.07 Å². The second-order valence-corrected chi connectivity index (χ2v) is 15.9. The first-order valence-electron chi connectivity index (χ1n) is 5.96. The van der Waals surface area contributed by atoms with Gasteiger partial charge < -0.3 is 0 Å². The van der Waals surface area contributed by atoms with Crippen molar-refractivity contribution >= 4 is 19.2 Å². The number of hydrogen-bond acceptors (Lipinski definition) is 3. The number of benzene rings is 1. The molecule has 0 heterocycles. The van der Waals surface area contributed by atoms with Crippen molar-refractivity contribution in [3.8, 4) is 0 Å². The predicted molar refractivity (Wildman–Crippen MR) is 75.6 cm³/mol. The van der Waals surface area contributed by atoms with Gasteiger partial charge in [-0.2, -0.15) is 0 Å². The number of para-hydroxylation sites is 1.